The Morgan fingerprint density at radius 2 is 1.70 bits per heavy atom. The second-order valence-corrected chi connectivity index (χ2v) is 3.62. The molecule has 0 spiro atoms. The summed E-state index contributed by atoms with van der Waals surface area (Å²) in [7, 11) is 0. The molecule has 0 aromatic rings. The normalized spacial score (nSPS) is 12.0. The lowest BCUT2D eigenvalue weighted by Crippen LogP contribution is -2.17. The first-order valence-corrected chi connectivity index (χ1v) is 4.28. The van der Waals surface area contributed by atoms with E-state index in [0.717, 1.165) is 12.8 Å². The first-order chi connectivity index (χ1) is 4.56. The minimum atomic E-state index is -0.451. The highest BCUT2D eigenvalue weighted by Gasteiger charge is 2.10. The summed E-state index contributed by atoms with van der Waals surface area (Å²) in [4.78, 5) is 0. The molecule has 0 aliphatic carbocycles. The van der Waals surface area contributed by atoms with Crippen molar-refractivity contribution in [3.63, 3.8) is 0 Å². The second-order valence-electron chi connectivity index (χ2n) is 3.62. The monoisotopic (exact) mass is 144 g/mol. The highest BCUT2D eigenvalue weighted by molar-refractivity contribution is 4.63. The Balaban J connectivity index is 3.04. The lowest BCUT2D eigenvalue weighted by atomic mass is 10.0. The van der Waals surface area contributed by atoms with E-state index in [2.05, 4.69) is 6.92 Å². The molecule has 0 saturated carbocycles. The van der Waals surface area contributed by atoms with Crippen molar-refractivity contribution in [3.8, 4) is 0 Å². The van der Waals surface area contributed by atoms with E-state index in [1.807, 2.05) is 13.8 Å². The minimum Gasteiger partial charge on any atom is -0.390 e. The fourth-order valence-electron chi connectivity index (χ4n) is 0.984. The van der Waals surface area contributed by atoms with Crippen molar-refractivity contribution in [2.75, 3.05) is 0 Å². The van der Waals surface area contributed by atoms with Gasteiger partial charge in [-0.3, -0.25) is 0 Å². The number of rotatable bonds is 5. The third kappa shape index (κ3) is 7.96. The summed E-state index contributed by atoms with van der Waals surface area (Å²) >= 11 is 0. The third-order valence-corrected chi connectivity index (χ3v) is 1.64. The van der Waals surface area contributed by atoms with Gasteiger partial charge >= 0.3 is 0 Å². The van der Waals surface area contributed by atoms with Crippen molar-refractivity contribution < 1.29 is 5.11 Å². The van der Waals surface area contributed by atoms with Gasteiger partial charge in [0.2, 0.25) is 0 Å². The molecule has 0 aliphatic rings. The zero-order valence-corrected chi connectivity index (χ0v) is 7.48. The molecule has 0 heterocycles. The highest BCUT2D eigenvalue weighted by Crippen LogP contribution is 2.13. The predicted molar refractivity (Wildman–Crippen MR) is 45.1 cm³/mol. The molecule has 0 aliphatic heterocycles. The molecule has 1 nitrogen and oxygen atoms in total. The van der Waals surface area contributed by atoms with Gasteiger partial charge in [-0.25, -0.2) is 0 Å². The zero-order valence-electron chi connectivity index (χ0n) is 7.48. The van der Waals surface area contributed by atoms with E-state index in [4.69, 9.17) is 0 Å². The van der Waals surface area contributed by atoms with Crippen LogP contribution in [0.5, 0.6) is 0 Å². The summed E-state index contributed by atoms with van der Waals surface area (Å²) in [6.45, 7) is 5.95. The van der Waals surface area contributed by atoms with Crippen LogP contribution in [0.2, 0.25) is 0 Å². The maximum absolute atomic E-state index is 9.32. The Kier molecular flexibility index (Phi) is 4.71. The van der Waals surface area contributed by atoms with E-state index in [1.54, 1.807) is 0 Å². The largest absolute Gasteiger partial charge is 0.390 e. The van der Waals surface area contributed by atoms with Crippen LogP contribution >= 0.6 is 0 Å². The van der Waals surface area contributed by atoms with Crippen LogP contribution in [0.4, 0.5) is 0 Å². The summed E-state index contributed by atoms with van der Waals surface area (Å²) < 4.78 is 0. The summed E-state index contributed by atoms with van der Waals surface area (Å²) in [5.74, 6) is 0. The van der Waals surface area contributed by atoms with E-state index in [1.165, 1.54) is 19.3 Å². The summed E-state index contributed by atoms with van der Waals surface area (Å²) in [6, 6.07) is 0. The van der Waals surface area contributed by atoms with Crippen molar-refractivity contribution in [2.45, 2.75) is 58.5 Å². The molecule has 62 valence electrons. The van der Waals surface area contributed by atoms with Gasteiger partial charge in [-0.2, -0.15) is 0 Å². The SMILES string of the molecule is CCCCCCC(C)(C)O. The topological polar surface area (TPSA) is 20.2 Å². The molecule has 0 bridgehead atoms. The van der Waals surface area contributed by atoms with E-state index < -0.39 is 5.60 Å². The molecule has 0 radical (unpaired) electrons. The summed E-state index contributed by atoms with van der Waals surface area (Å²) in [5, 5.41) is 9.32. The van der Waals surface area contributed by atoms with Crippen molar-refractivity contribution >= 4 is 0 Å². The molecular formula is C9H20O. The van der Waals surface area contributed by atoms with Gasteiger partial charge in [0, 0.05) is 0 Å². The van der Waals surface area contributed by atoms with Crippen LogP contribution in [-0.4, -0.2) is 10.7 Å². The molecule has 0 rings (SSSR count). The molecule has 0 fully saturated rings. The Hall–Kier alpha value is -0.0400. The molecule has 0 aromatic heterocycles. The summed E-state index contributed by atoms with van der Waals surface area (Å²) in [5.41, 5.74) is -0.451. The average molecular weight is 144 g/mol. The third-order valence-electron chi connectivity index (χ3n) is 1.64. The van der Waals surface area contributed by atoms with Crippen LogP contribution in [0.25, 0.3) is 0 Å². The molecule has 0 saturated heterocycles. The van der Waals surface area contributed by atoms with Crippen LogP contribution in [0, 0.1) is 0 Å². The highest BCUT2D eigenvalue weighted by atomic mass is 16.3. The molecule has 0 unspecified atom stereocenters. The quantitative estimate of drug-likeness (QED) is 0.588. The molecule has 1 heteroatoms. The van der Waals surface area contributed by atoms with Gasteiger partial charge < -0.3 is 5.11 Å². The number of hydrogen-bond acceptors (Lipinski definition) is 1. The first kappa shape index (κ1) is 9.96. The van der Waals surface area contributed by atoms with Crippen LogP contribution in [-0.2, 0) is 0 Å². The molecule has 1 N–H and O–H groups in total. The van der Waals surface area contributed by atoms with E-state index >= 15 is 0 Å². The van der Waals surface area contributed by atoms with Gasteiger partial charge in [-0.05, 0) is 20.3 Å². The van der Waals surface area contributed by atoms with E-state index in [0.29, 0.717) is 0 Å². The maximum atomic E-state index is 9.32. The van der Waals surface area contributed by atoms with Gasteiger partial charge in [-0.1, -0.05) is 32.6 Å². The Labute approximate surface area is 64.5 Å². The standard InChI is InChI=1S/C9H20O/c1-4-5-6-7-8-9(2,3)10/h10H,4-8H2,1-3H3. The molecule has 0 atom stereocenters. The lowest BCUT2D eigenvalue weighted by Gasteiger charge is -2.15. The number of hydrogen-bond donors (Lipinski definition) is 1. The van der Waals surface area contributed by atoms with Crippen LogP contribution < -0.4 is 0 Å². The number of aliphatic hydroxyl groups is 1. The van der Waals surface area contributed by atoms with Crippen molar-refractivity contribution in [1.82, 2.24) is 0 Å². The Morgan fingerprint density at radius 1 is 1.10 bits per heavy atom. The number of unbranched alkanes of at least 4 members (excludes halogenated alkanes) is 3. The zero-order chi connectivity index (χ0) is 8.04. The van der Waals surface area contributed by atoms with Crippen LogP contribution in [0.15, 0.2) is 0 Å². The fraction of sp³-hybridized carbons (Fsp3) is 1.00. The van der Waals surface area contributed by atoms with Gasteiger partial charge in [0.25, 0.3) is 0 Å². The molecule has 0 amide bonds. The lowest BCUT2D eigenvalue weighted by molar-refractivity contribution is 0.0680. The van der Waals surface area contributed by atoms with Crippen molar-refractivity contribution in [3.05, 3.63) is 0 Å². The fourth-order valence-corrected chi connectivity index (χ4v) is 0.984. The van der Waals surface area contributed by atoms with Gasteiger partial charge in [0.1, 0.15) is 0 Å². The van der Waals surface area contributed by atoms with Gasteiger partial charge in [0.05, 0.1) is 5.60 Å². The molecule has 10 heavy (non-hydrogen) atoms. The first-order valence-electron chi connectivity index (χ1n) is 4.28. The Morgan fingerprint density at radius 3 is 2.10 bits per heavy atom. The minimum absolute atomic E-state index is 0.451. The molecular weight excluding hydrogens is 124 g/mol. The predicted octanol–water partition coefficient (Wildman–Crippen LogP) is 2.73. The smallest absolute Gasteiger partial charge is 0.0591 e. The van der Waals surface area contributed by atoms with E-state index in [-0.39, 0.29) is 0 Å². The van der Waals surface area contributed by atoms with Gasteiger partial charge in [-0.15, -0.1) is 0 Å². The molecule has 0 aromatic carbocycles. The Bertz CT molecular complexity index is 71.3. The van der Waals surface area contributed by atoms with Crippen LogP contribution in [0.3, 0.4) is 0 Å². The summed E-state index contributed by atoms with van der Waals surface area (Å²) in [6.07, 6.45) is 5.94. The second kappa shape index (κ2) is 4.73. The van der Waals surface area contributed by atoms with E-state index in [9.17, 15) is 5.11 Å². The maximum Gasteiger partial charge on any atom is 0.0591 e. The van der Waals surface area contributed by atoms with Crippen molar-refractivity contribution in [2.24, 2.45) is 0 Å². The van der Waals surface area contributed by atoms with Gasteiger partial charge in [0.15, 0.2) is 0 Å². The van der Waals surface area contributed by atoms with Crippen molar-refractivity contribution in [1.29, 1.82) is 0 Å². The average Bonchev–Trinajstić information content (AvgIpc) is 1.78. The van der Waals surface area contributed by atoms with Crippen LogP contribution in [0.1, 0.15) is 52.9 Å².